The fourth-order valence-corrected chi connectivity index (χ4v) is 5.89. The van der Waals surface area contributed by atoms with Gasteiger partial charge in [-0.3, -0.25) is 5.10 Å². The number of methoxy groups -OCH3 is 1. The van der Waals surface area contributed by atoms with Crippen LogP contribution in [0.2, 0.25) is 0 Å². The van der Waals surface area contributed by atoms with E-state index in [1.807, 2.05) is 11.9 Å². The van der Waals surface area contributed by atoms with Crippen molar-refractivity contribution in [3.8, 4) is 5.88 Å². The van der Waals surface area contributed by atoms with Crippen molar-refractivity contribution < 1.29 is 36.2 Å². The Balaban J connectivity index is 1.63. The van der Waals surface area contributed by atoms with E-state index in [0.29, 0.717) is 40.8 Å². The van der Waals surface area contributed by atoms with E-state index >= 15 is 0 Å². The molecule has 2 aromatic carbocycles. The summed E-state index contributed by atoms with van der Waals surface area (Å²) in [5.74, 6) is -0.407. The van der Waals surface area contributed by atoms with Crippen LogP contribution in [0.1, 0.15) is 33.6 Å². The van der Waals surface area contributed by atoms with Crippen LogP contribution in [-0.2, 0) is 17.1 Å². The molecule has 3 N–H and O–H groups in total. The normalized spacial score (nSPS) is 18.4. The molecule has 0 spiro atoms. The summed E-state index contributed by atoms with van der Waals surface area (Å²) in [5.41, 5.74) is -2.09. The second-order valence-electron chi connectivity index (χ2n) is 9.74. The maximum Gasteiger partial charge on any atom is 0.417 e. The van der Waals surface area contributed by atoms with Crippen molar-refractivity contribution in [3.63, 3.8) is 0 Å². The van der Waals surface area contributed by atoms with E-state index in [4.69, 9.17) is 4.74 Å². The maximum atomic E-state index is 14.0. The van der Waals surface area contributed by atoms with Gasteiger partial charge in [0.2, 0.25) is 5.88 Å². The molecule has 14 heteroatoms. The minimum atomic E-state index is -5.07. The zero-order chi connectivity index (χ0) is 29.5. The Morgan fingerprint density at radius 1 is 1.15 bits per heavy atom. The number of halogens is 6. The van der Waals surface area contributed by atoms with Crippen LogP contribution in [0.3, 0.4) is 0 Å². The van der Waals surface area contributed by atoms with E-state index in [9.17, 15) is 31.4 Å². The number of fused-ring (bicyclic) bond motifs is 1. The molecule has 1 aliphatic heterocycles. The first-order valence-corrected chi connectivity index (χ1v) is 13.3. The van der Waals surface area contributed by atoms with E-state index in [2.05, 4.69) is 20.5 Å². The zero-order valence-corrected chi connectivity index (χ0v) is 22.6. The summed E-state index contributed by atoms with van der Waals surface area (Å²) >= 11 is 1.07. The van der Waals surface area contributed by atoms with Crippen LogP contribution in [0, 0.1) is 0 Å². The van der Waals surface area contributed by atoms with Gasteiger partial charge in [-0.15, -0.1) is 0 Å². The van der Waals surface area contributed by atoms with Crippen LogP contribution >= 0.6 is 11.3 Å². The number of rotatable bonds is 7. The van der Waals surface area contributed by atoms with Gasteiger partial charge in [0.05, 0.1) is 29.4 Å². The summed E-state index contributed by atoms with van der Waals surface area (Å²) < 4.78 is 87.0. The molecular formula is C27H25F6N5O2S. The fourth-order valence-electron chi connectivity index (χ4n) is 4.85. The first-order chi connectivity index (χ1) is 19.3. The van der Waals surface area contributed by atoms with Crippen molar-refractivity contribution in [1.82, 2.24) is 20.5 Å². The highest BCUT2D eigenvalue weighted by molar-refractivity contribution is 7.17. The number of aromatic amines is 1. The number of H-pyrrole nitrogens is 1. The van der Waals surface area contributed by atoms with Gasteiger partial charge < -0.3 is 20.1 Å². The quantitative estimate of drug-likeness (QED) is 0.175. The second-order valence-corrected chi connectivity index (χ2v) is 10.7. The molecule has 3 heterocycles. The Bertz CT molecular complexity index is 1580. The van der Waals surface area contributed by atoms with Crippen molar-refractivity contribution in [2.45, 2.75) is 30.9 Å². The van der Waals surface area contributed by atoms with E-state index in [1.54, 1.807) is 25.3 Å². The van der Waals surface area contributed by atoms with Crippen LogP contribution in [0.15, 0.2) is 42.6 Å². The molecule has 218 valence electrons. The number of likely N-dealkylation sites (N-methyl/N-ethyl adjacent to an activating group) is 1. The standard InChI is InChI=1S/C27H25F6N5O2S/c1-38(19-10-18(13-40-2)34-12-19)25-36-24(39)23(41-25)20(14-4-6-22-16(7-14)11-35-37-22)8-15-3-5-17(26(28,29)30)9-21(15)27(31,32)33/h3-9,11,18-19,34,39H,10,12-13H2,1-2H3,(H,35,37). The number of thiazole rings is 1. The summed E-state index contributed by atoms with van der Waals surface area (Å²) in [4.78, 5) is 6.35. The molecule has 0 radical (unpaired) electrons. The molecule has 2 atom stereocenters. The number of nitrogens with one attached hydrogen (secondary N) is 2. The predicted molar refractivity (Wildman–Crippen MR) is 144 cm³/mol. The summed E-state index contributed by atoms with van der Waals surface area (Å²) in [6.45, 7) is 1.16. The highest BCUT2D eigenvalue weighted by Crippen LogP contribution is 2.43. The van der Waals surface area contributed by atoms with Crippen LogP contribution in [0.4, 0.5) is 31.5 Å². The Morgan fingerprint density at radius 2 is 1.93 bits per heavy atom. The molecule has 0 amide bonds. The van der Waals surface area contributed by atoms with Gasteiger partial charge in [-0.05, 0) is 47.9 Å². The van der Waals surface area contributed by atoms with Gasteiger partial charge in [-0.1, -0.05) is 23.5 Å². The Morgan fingerprint density at radius 3 is 2.63 bits per heavy atom. The van der Waals surface area contributed by atoms with E-state index in [0.717, 1.165) is 29.9 Å². The third-order valence-corrected chi connectivity index (χ3v) is 8.16. The molecular weight excluding hydrogens is 572 g/mol. The number of anilines is 1. The molecule has 0 bridgehead atoms. The number of benzene rings is 2. The number of nitrogens with zero attached hydrogens (tertiary/aromatic N) is 3. The monoisotopic (exact) mass is 597 g/mol. The molecule has 1 fully saturated rings. The number of aromatic hydroxyl groups is 1. The fraction of sp³-hybridized carbons (Fsp3) is 0.333. The number of ether oxygens (including phenoxy) is 1. The molecule has 5 rings (SSSR count). The smallest absolute Gasteiger partial charge is 0.417 e. The number of hydrogen-bond donors (Lipinski definition) is 3. The van der Waals surface area contributed by atoms with Gasteiger partial charge >= 0.3 is 12.4 Å². The molecule has 2 unspecified atom stereocenters. The van der Waals surface area contributed by atoms with Crippen LogP contribution < -0.4 is 10.2 Å². The first-order valence-electron chi connectivity index (χ1n) is 12.4. The number of alkyl halides is 6. The van der Waals surface area contributed by atoms with Gasteiger partial charge in [0.25, 0.3) is 0 Å². The average molecular weight is 598 g/mol. The predicted octanol–water partition coefficient (Wildman–Crippen LogP) is 6.16. The molecule has 1 saturated heterocycles. The summed E-state index contributed by atoms with van der Waals surface area (Å²) in [6.07, 6.45) is -6.61. The largest absolute Gasteiger partial charge is 0.492 e. The molecule has 7 nitrogen and oxygen atoms in total. The third kappa shape index (κ3) is 6.04. The highest BCUT2D eigenvalue weighted by Gasteiger charge is 2.38. The second kappa shape index (κ2) is 11.0. The molecule has 4 aromatic rings. The summed E-state index contributed by atoms with van der Waals surface area (Å²) in [6, 6.07) is 6.61. The number of hydrogen-bond acceptors (Lipinski definition) is 7. The Labute approximate surface area is 234 Å². The van der Waals surface area contributed by atoms with Crippen LogP contribution in [0.25, 0.3) is 22.6 Å². The molecule has 41 heavy (non-hydrogen) atoms. The highest BCUT2D eigenvalue weighted by atomic mass is 32.1. The van der Waals surface area contributed by atoms with Crippen molar-refractivity contribution in [2.24, 2.45) is 0 Å². The molecule has 0 saturated carbocycles. The van der Waals surface area contributed by atoms with Crippen molar-refractivity contribution in [1.29, 1.82) is 0 Å². The lowest BCUT2D eigenvalue weighted by molar-refractivity contribution is -0.143. The zero-order valence-electron chi connectivity index (χ0n) is 21.8. The molecule has 0 aliphatic carbocycles. The summed E-state index contributed by atoms with van der Waals surface area (Å²) in [7, 11) is 3.42. The topological polar surface area (TPSA) is 86.3 Å². The van der Waals surface area contributed by atoms with Gasteiger partial charge in [0.1, 0.15) is 4.88 Å². The number of aromatic nitrogens is 3. The van der Waals surface area contributed by atoms with E-state index < -0.39 is 34.9 Å². The lowest BCUT2D eigenvalue weighted by Crippen LogP contribution is -2.33. The van der Waals surface area contributed by atoms with Crippen LogP contribution in [-0.4, -0.2) is 59.7 Å². The molecule has 1 aliphatic rings. The van der Waals surface area contributed by atoms with E-state index in [1.165, 1.54) is 6.20 Å². The van der Waals surface area contributed by atoms with Gasteiger partial charge in [-0.2, -0.15) is 36.4 Å². The third-order valence-electron chi connectivity index (χ3n) is 7.00. The van der Waals surface area contributed by atoms with Gasteiger partial charge in [0.15, 0.2) is 5.13 Å². The van der Waals surface area contributed by atoms with Gasteiger partial charge in [-0.25, -0.2) is 0 Å². The minimum absolute atomic E-state index is 0.0232. The lowest BCUT2D eigenvalue weighted by atomic mass is 9.96. The summed E-state index contributed by atoms with van der Waals surface area (Å²) in [5, 5.41) is 22.1. The van der Waals surface area contributed by atoms with Crippen molar-refractivity contribution >= 4 is 39.0 Å². The van der Waals surface area contributed by atoms with Crippen LogP contribution in [0.5, 0.6) is 5.88 Å². The SMILES string of the molecule is COCC1CC(N(C)c2nc(O)c(C(=Cc3ccc(C(F)(F)F)cc3C(F)(F)F)c3ccc4[nH]ncc4c3)s2)CN1. The lowest BCUT2D eigenvalue weighted by Gasteiger charge is -2.23. The van der Waals surface area contributed by atoms with E-state index in [-0.39, 0.29) is 28.6 Å². The first kappa shape index (κ1) is 28.9. The minimum Gasteiger partial charge on any atom is -0.492 e. The Hall–Kier alpha value is -3.62. The Kier molecular flexibility index (Phi) is 7.74. The van der Waals surface area contributed by atoms with Crippen molar-refractivity contribution in [3.05, 3.63) is 69.7 Å². The molecule has 2 aromatic heterocycles. The van der Waals surface area contributed by atoms with Crippen molar-refractivity contribution in [2.75, 3.05) is 32.2 Å². The maximum absolute atomic E-state index is 14.0. The van der Waals surface area contributed by atoms with Gasteiger partial charge in [0, 0.05) is 43.7 Å². The average Bonchev–Trinajstić information content (AvgIpc) is 3.65.